The quantitative estimate of drug-likeness (QED) is 0.372. The minimum absolute atomic E-state index is 0.0289. The van der Waals surface area contributed by atoms with Gasteiger partial charge in [-0.2, -0.15) is 0 Å². The van der Waals surface area contributed by atoms with Gasteiger partial charge in [-0.25, -0.2) is 27.3 Å². The van der Waals surface area contributed by atoms with Crippen LogP contribution < -0.4 is 10.5 Å². The maximum absolute atomic E-state index is 15.0. The molecular formula is C25H22F2N4O4S. The Kier molecular flexibility index (Phi) is 6.19. The van der Waals surface area contributed by atoms with Crippen LogP contribution in [0.15, 0.2) is 70.4 Å². The van der Waals surface area contributed by atoms with Crippen LogP contribution in [0, 0.1) is 11.6 Å². The number of nitrogens with zero attached hydrogens (tertiary/aromatic N) is 2. The second kappa shape index (κ2) is 9.32. The number of carbonyl (C=O) groups is 1. The number of nitrogens with two attached hydrogens (primary N) is 1. The van der Waals surface area contributed by atoms with Crippen LogP contribution >= 0.6 is 0 Å². The zero-order valence-corrected chi connectivity index (χ0v) is 19.8. The van der Waals surface area contributed by atoms with Gasteiger partial charge in [0.25, 0.3) is 5.91 Å². The number of furan rings is 1. The summed E-state index contributed by atoms with van der Waals surface area (Å²) in [6, 6.07) is 10.6. The summed E-state index contributed by atoms with van der Waals surface area (Å²) < 4.78 is 60.7. The highest BCUT2D eigenvalue weighted by molar-refractivity contribution is 7.89. The van der Waals surface area contributed by atoms with Gasteiger partial charge in [0.15, 0.2) is 5.76 Å². The third-order valence-corrected chi connectivity index (χ3v) is 7.20. The molecule has 1 aliphatic rings. The topological polar surface area (TPSA) is 120 Å². The molecule has 2 aromatic heterocycles. The molecule has 0 spiro atoms. The first-order chi connectivity index (χ1) is 17.2. The normalized spacial score (nSPS) is 14.3. The molecule has 8 nitrogen and oxygen atoms in total. The van der Waals surface area contributed by atoms with Crippen LogP contribution in [0.25, 0.3) is 22.5 Å². The summed E-state index contributed by atoms with van der Waals surface area (Å²) in [5.41, 5.74) is 1.10. The molecule has 0 radical (unpaired) electrons. The zero-order chi connectivity index (χ0) is 25.4. The van der Waals surface area contributed by atoms with E-state index in [9.17, 15) is 17.6 Å². The Morgan fingerprint density at radius 3 is 2.47 bits per heavy atom. The van der Waals surface area contributed by atoms with Gasteiger partial charge in [-0.15, -0.1) is 0 Å². The van der Waals surface area contributed by atoms with Crippen molar-refractivity contribution < 1.29 is 26.4 Å². The van der Waals surface area contributed by atoms with E-state index in [2.05, 4.69) is 10.3 Å². The highest BCUT2D eigenvalue weighted by Crippen LogP contribution is 2.41. The zero-order valence-electron chi connectivity index (χ0n) is 18.9. The standard InChI is InChI=1S/C25H22F2N4O4S/c26-16-9-7-15(8-10-16)23-24(31(14-29-23)17-4-1-2-5-17)18-12-20(19(27)13-22(18)36(28,33)34)30-25(32)21-6-3-11-35-21/h3,6-14,17H,1-2,4-5H2,(H,30,32)(H2,28,33,34). The van der Waals surface area contributed by atoms with Gasteiger partial charge in [-0.3, -0.25) is 4.79 Å². The third kappa shape index (κ3) is 4.54. The first-order valence-corrected chi connectivity index (χ1v) is 12.8. The van der Waals surface area contributed by atoms with Gasteiger partial charge in [-0.05, 0) is 61.4 Å². The molecule has 1 aliphatic carbocycles. The van der Waals surface area contributed by atoms with Crippen LogP contribution in [0.5, 0.6) is 0 Å². The van der Waals surface area contributed by atoms with E-state index >= 15 is 4.39 Å². The first kappa shape index (κ1) is 23.9. The lowest BCUT2D eigenvalue weighted by Gasteiger charge is -2.19. The highest BCUT2D eigenvalue weighted by Gasteiger charge is 2.29. The average molecular weight is 513 g/mol. The van der Waals surface area contributed by atoms with Gasteiger partial charge >= 0.3 is 0 Å². The molecule has 36 heavy (non-hydrogen) atoms. The number of nitrogens with one attached hydrogen (secondary N) is 1. The van der Waals surface area contributed by atoms with Crippen LogP contribution in [0.2, 0.25) is 0 Å². The van der Waals surface area contributed by atoms with Crippen molar-refractivity contribution in [3.63, 3.8) is 0 Å². The van der Waals surface area contributed by atoms with Crippen molar-refractivity contribution in [2.75, 3.05) is 5.32 Å². The van der Waals surface area contributed by atoms with E-state index in [1.54, 1.807) is 6.33 Å². The Morgan fingerprint density at radius 2 is 1.83 bits per heavy atom. The molecule has 2 heterocycles. The molecule has 2 aromatic carbocycles. The largest absolute Gasteiger partial charge is 0.459 e. The molecule has 5 rings (SSSR count). The Morgan fingerprint density at radius 1 is 1.11 bits per heavy atom. The molecule has 3 N–H and O–H groups in total. The number of imidazole rings is 1. The molecule has 0 atom stereocenters. The second-order valence-electron chi connectivity index (χ2n) is 8.60. The number of halogens is 2. The number of sulfonamides is 1. The Bertz CT molecular complexity index is 1520. The lowest BCUT2D eigenvalue weighted by Crippen LogP contribution is -2.17. The number of benzene rings is 2. The number of hydrogen-bond donors (Lipinski definition) is 2. The smallest absolute Gasteiger partial charge is 0.291 e. The maximum atomic E-state index is 15.0. The number of amides is 1. The Balaban J connectivity index is 1.73. The number of carbonyl (C=O) groups excluding carboxylic acids is 1. The van der Waals surface area contributed by atoms with Crippen molar-refractivity contribution in [3.8, 4) is 22.5 Å². The maximum Gasteiger partial charge on any atom is 0.291 e. The minimum atomic E-state index is -4.39. The molecule has 11 heteroatoms. The molecule has 1 saturated carbocycles. The molecule has 0 aliphatic heterocycles. The van der Waals surface area contributed by atoms with E-state index in [-0.39, 0.29) is 23.1 Å². The number of hydrogen-bond acceptors (Lipinski definition) is 5. The van der Waals surface area contributed by atoms with E-state index in [4.69, 9.17) is 9.56 Å². The molecular weight excluding hydrogens is 490 g/mol. The lowest BCUT2D eigenvalue weighted by atomic mass is 10.0. The van der Waals surface area contributed by atoms with Crippen molar-refractivity contribution >= 4 is 21.6 Å². The van der Waals surface area contributed by atoms with E-state index in [1.165, 1.54) is 48.7 Å². The van der Waals surface area contributed by atoms with Crippen molar-refractivity contribution in [2.24, 2.45) is 5.14 Å². The van der Waals surface area contributed by atoms with E-state index in [0.717, 1.165) is 31.7 Å². The summed E-state index contributed by atoms with van der Waals surface area (Å²) in [7, 11) is -4.39. The molecule has 1 amide bonds. The van der Waals surface area contributed by atoms with E-state index in [0.29, 0.717) is 17.0 Å². The molecule has 4 aromatic rings. The molecule has 0 saturated heterocycles. The van der Waals surface area contributed by atoms with Crippen LogP contribution in [0.3, 0.4) is 0 Å². The summed E-state index contributed by atoms with van der Waals surface area (Å²) in [5, 5.41) is 7.92. The number of rotatable bonds is 6. The summed E-state index contributed by atoms with van der Waals surface area (Å²) in [6.45, 7) is 0. The van der Waals surface area contributed by atoms with Crippen LogP contribution in [0.1, 0.15) is 42.3 Å². The predicted molar refractivity (Wildman–Crippen MR) is 129 cm³/mol. The monoisotopic (exact) mass is 512 g/mol. The molecule has 1 fully saturated rings. The predicted octanol–water partition coefficient (Wildman–Crippen LogP) is 5.10. The van der Waals surface area contributed by atoms with Gasteiger partial charge in [0, 0.05) is 17.2 Å². The highest BCUT2D eigenvalue weighted by atomic mass is 32.2. The Labute approximate surface area is 205 Å². The van der Waals surface area contributed by atoms with Gasteiger partial charge in [0.1, 0.15) is 11.6 Å². The van der Waals surface area contributed by atoms with Crippen molar-refractivity contribution in [2.45, 2.75) is 36.6 Å². The summed E-state index contributed by atoms with van der Waals surface area (Å²) in [6.07, 6.45) is 6.58. The summed E-state index contributed by atoms with van der Waals surface area (Å²) in [5.74, 6) is -2.19. The van der Waals surface area contributed by atoms with Crippen LogP contribution in [-0.2, 0) is 10.0 Å². The fourth-order valence-corrected chi connectivity index (χ4v) is 5.30. The van der Waals surface area contributed by atoms with Gasteiger partial charge in [-0.1, -0.05) is 12.8 Å². The second-order valence-corrected chi connectivity index (χ2v) is 10.1. The van der Waals surface area contributed by atoms with E-state index < -0.39 is 32.5 Å². The van der Waals surface area contributed by atoms with E-state index in [1.807, 2.05) is 4.57 Å². The summed E-state index contributed by atoms with van der Waals surface area (Å²) >= 11 is 0. The fraction of sp³-hybridized carbons (Fsp3) is 0.200. The summed E-state index contributed by atoms with van der Waals surface area (Å²) in [4.78, 5) is 16.6. The third-order valence-electron chi connectivity index (χ3n) is 6.25. The van der Waals surface area contributed by atoms with Gasteiger partial charge in [0.2, 0.25) is 10.0 Å². The lowest BCUT2D eigenvalue weighted by molar-refractivity contribution is 0.0996. The van der Waals surface area contributed by atoms with Crippen molar-refractivity contribution in [1.82, 2.24) is 9.55 Å². The number of primary sulfonamides is 1. The average Bonchev–Trinajstić information content (AvgIpc) is 3.61. The SMILES string of the molecule is NS(=O)(=O)c1cc(F)c(NC(=O)c2ccco2)cc1-c1c(-c2ccc(F)cc2)ncn1C1CCCC1. The van der Waals surface area contributed by atoms with Crippen molar-refractivity contribution in [1.29, 1.82) is 0 Å². The fourth-order valence-electron chi connectivity index (χ4n) is 4.57. The molecule has 0 unspecified atom stereocenters. The van der Waals surface area contributed by atoms with Gasteiger partial charge < -0.3 is 14.3 Å². The molecule has 186 valence electrons. The first-order valence-electron chi connectivity index (χ1n) is 11.3. The number of aromatic nitrogens is 2. The van der Waals surface area contributed by atoms with Crippen LogP contribution in [-0.4, -0.2) is 23.9 Å². The number of anilines is 1. The Hall–Kier alpha value is -3.83. The van der Waals surface area contributed by atoms with Gasteiger partial charge in [0.05, 0.1) is 34.6 Å². The van der Waals surface area contributed by atoms with Crippen molar-refractivity contribution in [3.05, 3.63) is 78.5 Å². The minimum Gasteiger partial charge on any atom is -0.459 e. The van der Waals surface area contributed by atoms with Crippen LogP contribution in [0.4, 0.5) is 14.5 Å². The molecule has 0 bridgehead atoms.